The van der Waals surface area contributed by atoms with Gasteiger partial charge in [-0.2, -0.15) is 0 Å². The third kappa shape index (κ3) is 1.00. The maximum atomic E-state index is 10.6. The number of nitrogens with zero attached hydrogens (tertiary/aromatic N) is 1. The summed E-state index contributed by atoms with van der Waals surface area (Å²) in [5, 5.41) is 0. The van der Waals surface area contributed by atoms with Crippen molar-refractivity contribution in [2.75, 3.05) is 0 Å². The van der Waals surface area contributed by atoms with Crippen LogP contribution in [-0.2, 0) is 0 Å². The number of benzene rings is 1. The van der Waals surface area contributed by atoms with E-state index in [1.807, 2.05) is 6.07 Å². The number of thiol groups is 1. The second-order valence-corrected chi connectivity index (χ2v) is 2.97. The van der Waals surface area contributed by atoms with Crippen molar-refractivity contribution in [1.82, 2.24) is 9.97 Å². The van der Waals surface area contributed by atoms with Gasteiger partial charge in [0, 0.05) is 10.5 Å². The van der Waals surface area contributed by atoms with E-state index < -0.39 is 0 Å². The largest absolute Gasteiger partial charge is 0.345 e. The number of imidazole rings is 1. The Hall–Kier alpha value is -1.29. The van der Waals surface area contributed by atoms with Crippen LogP contribution >= 0.6 is 12.6 Å². The highest BCUT2D eigenvalue weighted by molar-refractivity contribution is 7.80. The van der Waals surface area contributed by atoms with Crippen molar-refractivity contribution >= 4 is 29.9 Å². The molecule has 0 fully saturated rings. The Morgan fingerprint density at radius 1 is 1.50 bits per heavy atom. The average molecular weight is 178 g/mol. The maximum Gasteiger partial charge on any atom is 0.152 e. The van der Waals surface area contributed by atoms with Gasteiger partial charge in [0.05, 0.1) is 17.4 Å². The van der Waals surface area contributed by atoms with Crippen LogP contribution in [0.25, 0.3) is 11.0 Å². The summed E-state index contributed by atoms with van der Waals surface area (Å²) in [6, 6.07) is 3.53. The van der Waals surface area contributed by atoms with Crippen LogP contribution in [0.1, 0.15) is 10.4 Å². The molecule has 2 aromatic rings. The predicted molar refractivity (Wildman–Crippen MR) is 48.7 cm³/mol. The van der Waals surface area contributed by atoms with Crippen LogP contribution in [0.3, 0.4) is 0 Å². The SMILES string of the molecule is O=Cc1cc(S)cc2[nH]cnc12. The molecule has 12 heavy (non-hydrogen) atoms. The Morgan fingerprint density at radius 2 is 2.33 bits per heavy atom. The molecule has 0 aliphatic carbocycles. The highest BCUT2D eigenvalue weighted by Gasteiger charge is 2.03. The van der Waals surface area contributed by atoms with Gasteiger partial charge in [-0.05, 0) is 12.1 Å². The molecule has 0 saturated heterocycles. The van der Waals surface area contributed by atoms with Crippen molar-refractivity contribution in [3.05, 3.63) is 24.0 Å². The van der Waals surface area contributed by atoms with Crippen molar-refractivity contribution in [3.8, 4) is 0 Å². The lowest BCUT2D eigenvalue weighted by Crippen LogP contribution is -1.82. The fraction of sp³-hybridized carbons (Fsp3) is 0. The first-order valence-corrected chi connectivity index (χ1v) is 3.87. The quantitative estimate of drug-likeness (QED) is 0.515. The van der Waals surface area contributed by atoms with Gasteiger partial charge in [-0.3, -0.25) is 4.79 Å². The zero-order valence-corrected chi connectivity index (χ0v) is 7.01. The van der Waals surface area contributed by atoms with Crippen molar-refractivity contribution in [3.63, 3.8) is 0 Å². The standard InChI is InChI=1S/C8H6N2OS/c11-3-5-1-6(12)2-7-8(5)10-4-9-7/h1-4,12H,(H,9,10). The fourth-order valence-electron chi connectivity index (χ4n) is 1.15. The third-order valence-corrected chi connectivity index (χ3v) is 1.92. The summed E-state index contributed by atoms with van der Waals surface area (Å²) in [6.07, 6.45) is 2.34. The summed E-state index contributed by atoms with van der Waals surface area (Å²) < 4.78 is 0. The van der Waals surface area contributed by atoms with Crippen LogP contribution < -0.4 is 0 Å². The Bertz CT molecular complexity index is 436. The van der Waals surface area contributed by atoms with Crippen molar-refractivity contribution < 1.29 is 4.79 Å². The second-order valence-electron chi connectivity index (χ2n) is 2.45. The molecule has 0 radical (unpaired) electrons. The lowest BCUT2D eigenvalue weighted by atomic mass is 10.2. The zero-order chi connectivity index (χ0) is 8.55. The first-order chi connectivity index (χ1) is 5.81. The second kappa shape index (κ2) is 2.64. The van der Waals surface area contributed by atoms with Gasteiger partial charge in [0.1, 0.15) is 0 Å². The molecule has 1 N–H and O–H groups in total. The number of nitrogens with one attached hydrogen (secondary N) is 1. The lowest BCUT2D eigenvalue weighted by Gasteiger charge is -1.94. The monoisotopic (exact) mass is 178 g/mol. The van der Waals surface area contributed by atoms with Gasteiger partial charge in [0.2, 0.25) is 0 Å². The molecule has 60 valence electrons. The number of aldehydes is 1. The fourth-order valence-corrected chi connectivity index (χ4v) is 1.42. The van der Waals surface area contributed by atoms with Crippen LogP contribution in [0.15, 0.2) is 23.4 Å². The summed E-state index contributed by atoms with van der Waals surface area (Å²) in [7, 11) is 0. The zero-order valence-electron chi connectivity index (χ0n) is 6.11. The van der Waals surface area contributed by atoms with Crippen molar-refractivity contribution in [2.24, 2.45) is 0 Å². The number of hydrogen-bond acceptors (Lipinski definition) is 3. The van der Waals surface area contributed by atoms with E-state index in [0.717, 1.165) is 16.7 Å². The van der Waals surface area contributed by atoms with Crippen molar-refractivity contribution in [1.29, 1.82) is 0 Å². The molecule has 4 heteroatoms. The highest BCUT2D eigenvalue weighted by atomic mass is 32.1. The molecule has 0 amide bonds. The van der Waals surface area contributed by atoms with Crippen LogP contribution in [0.4, 0.5) is 0 Å². The first kappa shape index (κ1) is 7.36. The average Bonchev–Trinajstić information content (AvgIpc) is 2.50. The van der Waals surface area contributed by atoms with Crippen LogP contribution in [0, 0.1) is 0 Å². The van der Waals surface area contributed by atoms with Crippen LogP contribution in [0.5, 0.6) is 0 Å². The minimum Gasteiger partial charge on any atom is -0.345 e. The number of fused-ring (bicyclic) bond motifs is 1. The Labute approximate surface area is 74.2 Å². The van der Waals surface area contributed by atoms with E-state index in [1.165, 1.54) is 0 Å². The van der Waals surface area contributed by atoms with Crippen LogP contribution in [-0.4, -0.2) is 16.3 Å². The summed E-state index contributed by atoms with van der Waals surface area (Å²) >= 11 is 4.15. The molecule has 1 heterocycles. The Morgan fingerprint density at radius 3 is 3.08 bits per heavy atom. The van der Waals surface area contributed by atoms with E-state index in [2.05, 4.69) is 22.6 Å². The predicted octanol–water partition coefficient (Wildman–Crippen LogP) is 1.66. The third-order valence-electron chi connectivity index (χ3n) is 1.66. The summed E-state index contributed by atoms with van der Waals surface area (Å²) in [4.78, 5) is 18.3. The molecular formula is C8H6N2OS. The van der Waals surface area contributed by atoms with Gasteiger partial charge in [0.25, 0.3) is 0 Å². The van der Waals surface area contributed by atoms with Gasteiger partial charge in [-0.1, -0.05) is 0 Å². The van der Waals surface area contributed by atoms with E-state index in [4.69, 9.17) is 0 Å². The molecule has 3 nitrogen and oxygen atoms in total. The van der Waals surface area contributed by atoms with E-state index in [9.17, 15) is 4.79 Å². The summed E-state index contributed by atoms with van der Waals surface area (Å²) in [5.74, 6) is 0. The van der Waals surface area contributed by atoms with E-state index in [0.29, 0.717) is 11.1 Å². The van der Waals surface area contributed by atoms with Gasteiger partial charge < -0.3 is 4.98 Å². The normalized spacial score (nSPS) is 10.4. The van der Waals surface area contributed by atoms with Crippen LogP contribution in [0.2, 0.25) is 0 Å². The Kier molecular flexibility index (Phi) is 1.62. The topological polar surface area (TPSA) is 45.8 Å². The number of hydrogen-bond donors (Lipinski definition) is 2. The smallest absolute Gasteiger partial charge is 0.152 e. The highest BCUT2D eigenvalue weighted by Crippen LogP contribution is 2.18. The van der Waals surface area contributed by atoms with E-state index >= 15 is 0 Å². The minimum atomic E-state index is 0.568. The van der Waals surface area contributed by atoms with Gasteiger partial charge in [0.15, 0.2) is 6.29 Å². The molecule has 0 saturated carbocycles. The van der Waals surface area contributed by atoms with E-state index in [-0.39, 0.29) is 0 Å². The molecule has 0 spiro atoms. The summed E-state index contributed by atoms with van der Waals surface area (Å²) in [6.45, 7) is 0. The number of H-pyrrole nitrogens is 1. The molecule has 0 bridgehead atoms. The number of carbonyl (C=O) groups is 1. The molecule has 1 aromatic carbocycles. The number of carbonyl (C=O) groups excluding carboxylic acids is 1. The summed E-state index contributed by atoms with van der Waals surface area (Å²) in [5.41, 5.74) is 2.10. The number of rotatable bonds is 1. The van der Waals surface area contributed by atoms with Gasteiger partial charge in [-0.15, -0.1) is 12.6 Å². The molecule has 1 aromatic heterocycles. The van der Waals surface area contributed by atoms with Gasteiger partial charge in [-0.25, -0.2) is 4.98 Å². The van der Waals surface area contributed by atoms with Crippen molar-refractivity contribution in [2.45, 2.75) is 4.90 Å². The number of aromatic amines is 1. The molecule has 0 aliphatic rings. The first-order valence-electron chi connectivity index (χ1n) is 3.42. The Balaban J connectivity index is 2.88. The lowest BCUT2D eigenvalue weighted by molar-refractivity contribution is 0.112. The molecule has 0 unspecified atom stereocenters. The van der Waals surface area contributed by atoms with Gasteiger partial charge >= 0.3 is 0 Å². The number of aromatic nitrogens is 2. The molecule has 2 rings (SSSR count). The molecule has 0 aliphatic heterocycles. The molecular weight excluding hydrogens is 172 g/mol. The van der Waals surface area contributed by atoms with E-state index in [1.54, 1.807) is 12.4 Å². The molecule has 0 atom stereocenters. The maximum absolute atomic E-state index is 10.6. The minimum absolute atomic E-state index is 0.568.